The average Bonchev–Trinajstić information content (AvgIpc) is 2.96. The maximum Gasteiger partial charge on any atom is 0.261 e. The number of anilines is 1. The Hall–Kier alpha value is -3.71. The third kappa shape index (κ3) is 3.55. The zero-order valence-corrected chi connectivity index (χ0v) is 15.7. The normalized spacial score (nSPS) is 12.8. The molecule has 7 nitrogen and oxygen atoms in total. The van der Waals surface area contributed by atoms with Crippen molar-refractivity contribution < 1.29 is 19.5 Å². The third-order valence-corrected chi connectivity index (χ3v) is 4.74. The fraction of sp³-hybridized carbons (Fsp3) is 0.0476. The molecule has 0 unspecified atom stereocenters. The number of nitrogens with zero attached hydrogens (tertiary/aromatic N) is 2. The molecule has 1 aromatic heterocycles. The molecule has 8 heteroatoms. The van der Waals surface area contributed by atoms with Crippen molar-refractivity contribution in [3.8, 4) is 5.75 Å². The number of aromatic nitrogens is 1. The van der Waals surface area contributed by atoms with E-state index in [4.69, 9.17) is 11.6 Å². The molecule has 3 aromatic rings. The number of hydrogen-bond donors (Lipinski definition) is 2. The molecular weight excluding hydrogens is 394 g/mol. The van der Waals surface area contributed by atoms with Crippen LogP contribution in [-0.2, 0) is 6.54 Å². The summed E-state index contributed by atoms with van der Waals surface area (Å²) in [4.78, 5) is 43.0. The van der Waals surface area contributed by atoms with Gasteiger partial charge in [0.25, 0.3) is 17.7 Å². The molecule has 3 amide bonds. The van der Waals surface area contributed by atoms with Crippen molar-refractivity contribution in [3.63, 3.8) is 0 Å². The highest BCUT2D eigenvalue weighted by molar-refractivity contribution is 6.31. The summed E-state index contributed by atoms with van der Waals surface area (Å²) in [6.07, 6.45) is 3.19. The highest BCUT2D eigenvalue weighted by atomic mass is 35.5. The molecule has 2 heterocycles. The van der Waals surface area contributed by atoms with Crippen LogP contribution >= 0.6 is 11.6 Å². The predicted octanol–water partition coefficient (Wildman–Crippen LogP) is 3.49. The molecule has 1 aliphatic heterocycles. The van der Waals surface area contributed by atoms with E-state index in [0.29, 0.717) is 5.02 Å². The predicted molar refractivity (Wildman–Crippen MR) is 106 cm³/mol. The summed E-state index contributed by atoms with van der Waals surface area (Å²) < 4.78 is 0. The first-order valence-electron chi connectivity index (χ1n) is 8.63. The van der Waals surface area contributed by atoms with Crippen molar-refractivity contribution >= 4 is 35.0 Å². The van der Waals surface area contributed by atoms with Gasteiger partial charge < -0.3 is 10.4 Å². The van der Waals surface area contributed by atoms with Crippen LogP contribution in [0.2, 0.25) is 5.02 Å². The Morgan fingerprint density at radius 1 is 1.07 bits per heavy atom. The van der Waals surface area contributed by atoms with Gasteiger partial charge in [-0.15, -0.1) is 0 Å². The van der Waals surface area contributed by atoms with Crippen LogP contribution in [-0.4, -0.2) is 32.7 Å². The van der Waals surface area contributed by atoms with Crippen molar-refractivity contribution in [3.05, 3.63) is 88.2 Å². The standard InChI is InChI=1S/C21H14ClN3O4/c22-14-4-6-18(26)17(9-14)24-19(27)13-3-5-15-16(8-13)21(29)25(20(15)28)11-12-2-1-7-23-10-12/h1-10,26H,11H2,(H,24,27). The molecule has 0 spiro atoms. The molecule has 29 heavy (non-hydrogen) atoms. The Bertz CT molecular complexity index is 1150. The number of phenols is 1. The Morgan fingerprint density at radius 3 is 2.62 bits per heavy atom. The molecule has 2 N–H and O–H groups in total. The maximum absolute atomic E-state index is 12.7. The fourth-order valence-corrected chi connectivity index (χ4v) is 3.22. The third-order valence-electron chi connectivity index (χ3n) is 4.50. The van der Waals surface area contributed by atoms with Gasteiger partial charge in [0.05, 0.1) is 23.4 Å². The topological polar surface area (TPSA) is 99.6 Å². The highest BCUT2D eigenvalue weighted by Crippen LogP contribution is 2.29. The molecular formula is C21H14ClN3O4. The van der Waals surface area contributed by atoms with E-state index in [-0.39, 0.29) is 34.7 Å². The van der Waals surface area contributed by atoms with Gasteiger partial charge in [-0.05, 0) is 48.0 Å². The number of phenolic OH excluding ortho intramolecular Hbond substituents is 1. The minimum atomic E-state index is -0.545. The molecule has 144 valence electrons. The lowest BCUT2D eigenvalue weighted by atomic mass is 10.1. The summed E-state index contributed by atoms with van der Waals surface area (Å²) in [6.45, 7) is 0.0953. The SMILES string of the molecule is O=C(Nc1cc(Cl)ccc1O)c1ccc2c(c1)C(=O)N(Cc1cccnc1)C2=O. The number of aromatic hydroxyl groups is 1. The number of imide groups is 1. The summed E-state index contributed by atoms with van der Waals surface area (Å²) in [5.74, 6) is -1.59. The van der Waals surface area contributed by atoms with Crippen LogP contribution in [0, 0.1) is 0 Å². The molecule has 2 aromatic carbocycles. The van der Waals surface area contributed by atoms with Crippen molar-refractivity contribution in [2.75, 3.05) is 5.32 Å². The van der Waals surface area contributed by atoms with Crippen molar-refractivity contribution in [1.82, 2.24) is 9.88 Å². The number of nitrogens with one attached hydrogen (secondary N) is 1. The van der Waals surface area contributed by atoms with Gasteiger partial charge in [-0.1, -0.05) is 17.7 Å². The molecule has 0 saturated heterocycles. The number of halogens is 1. The lowest BCUT2D eigenvalue weighted by Crippen LogP contribution is -2.29. The molecule has 1 aliphatic rings. The second-order valence-electron chi connectivity index (χ2n) is 6.43. The van der Waals surface area contributed by atoms with Crippen LogP contribution in [0.5, 0.6) is 5.75 Å². The smallest absolute Gasteiger partial charge is 0.261 e. The van der Waals surface area contributed by atoms with Gasteiger partial charge in [0.15, 0.2) is 0 Å². The fourth-order valence-electron chi connectivity index (χ4n) is 3.05. The maximum atomic E-state index is 12.7. The van der Waals surface area contributed by atoms with Crippen molar-refractivity contribution in [2.45, 2.75) is 6.54 Å². The largest absolute Gasteiger partial charge is 0.506 e. The number of rotatable bonds is 4. The number of amides is 3. The quantitative estimate of drug-likeness (QED) is 0.509. The zero-order valence-electron chi connectivity index (χ0n) is 14.9. The Morgan fingerprint density at radius 2 is 1.86 bits per heavy atom. The number of fused-ring (bicyclic) bond motifs is 1. The second kappa shape index (κ2) is 7.37. The van der Waals surface area contributed by atoms with Crippen LogP contribution < -0.4 is 5.32 Å². The molecule has 4 rings (SSSR count). The van der Waals surface area contributed by atoms with Crippen LogP contribution in [0.3, 0.4) is 0 Å². The van der Waals surface area contributed by atoms with Gasteiger partial charge in [-0.2, -0.15) is 0 Å². The van der Waals surface area contributed by atoms with Crippen LogP contribution in [0.25, 0.3) is 0 Å². The highest BCUT2D eigenvalue weighted by Gasteiger charge is 2.36. The summed E-state index contributed by atoms with van der Waals surface area (Å²) in [6, 6.07) is 12.0. The van der Waals surface area contributed by atoms with Crippen LogP contribution in [0.4, 0.5) is 5.69 Å². The summed E-state index contributed by atoms with van der Waals surface area (Å²) in [5.41, 5.74) is 1.43. The molecule has 0 bridgehead atoms. The van der Waals surface area contributed by atoms with E-state index in [0.717, 1.165) is 10.5 Å². The summed E-state index contributed by atoms with van der Waals surface area (Å²) >= 11 is 5.89. The lowest BCUT2D eigenvalue weighted by molar-refractivity contribution is 0.0642. The summed E-state index contributed by atoms with van der Waals surface area (Å²) in [7, 11) is 0. The van der Waals surface area contributed by atoms with Gasteiger partial charge in [0, 0.05) is 23.0 Å². The average molecular weight is 408 g/mol. The number of benzene rings is 2. The first-order valence-corrected chi connectivity index (χ1v) is 9.01. The zero-order chi connectivity index (χ0) is 20.5. The van der Waals surface area contributed by atoms with Gasteiger partial charge in [0.2, 0.25) is 0 Å². The Kier molecular flexibility index (Phi) is 4.74. The number of carbonyl (C=O) groups is 3. The van der Waals surface area contributed by atoms with E-state index in [9.17, 15) is 19.5 Å². The molecule has 0 atom stereocenters. The van der Waals surface area contributed by atoms with Crippen LogP contribution in [0.15, 0.2) is 60.9 Å². The Labute approximate surface area is 170 Å². The van der Waals surface area contributed by atoms with E-state index < -0.39 is 17.7 Å². The van der Waals surface area contributed by atoms with Crippen molar-refractivity contribution in [1.29, 1.82) is 0 Å². The molecule has 0 saturated carbocycles. The molecule has 0 radical (unpaired) electrons. The molecule has 0 fully saturated rings. The van der Waals surface area contributed by atoms with Crippen molar-refractivity contribution in [2.24, 2.45) is 0 Å². The number of pyridine rings is 1. The van der Waals surface area contributed by atoms with E-state index in [2.05, 4.69) is 10.3 Å². The van der Waals surface area contributed by atoms with Gasteiger partial charge in [-0.3, -0.25) is 24.3 Å². The van der Waals surface area contributed by atoms with Gasteiger partial charge >= 0.3 is 0 Å². The van der Waals surface area contributed by atoms with E-state index >= 15 is 0 Å². The summed E-state index contributed by atoms with van der Waals surface area (Å²) in [5, 5.41) is 12.7. The van der Waals surface area contributed by atoms with Gasteiger partial charge in [0.1, 0.15) is 5.75 Å². The van der Waals surface area contributed by atoms with Crippen LogP contribution in [0.1, 0.15) is 36.6 Å². The number of hydrogen-bond acceptors (Lipinski definition) is 5. The first-order chi connectivity index (χ1) is 13.9. The molecule has 0 aliphatic carbocycles. The van der Waals surface area contributed by atoms with E-state index in [1.54, 1.807) is 24.5 Å². The second-order valence-corrected chi connectivity index (χ2v) is 6.87. The minimum absolute atomic E-state index is 0.0953. The number of carbonyl (C=O) groups excluding carboxylic acids is 3. The van der Waals surface area contributed by atoms with E-state index in [1.165, 1.54) is 36.4 Å². The van der Waals surface area contributed by atoms with Gasteiger partial charge in [-0.25, -0.2) is 0 Å². The minimum Gasteiger partial charge on any atom is -0.506 e. The van der Waals surface area contributed by atoms with E-state index in [1.807, 2.05) is 0 Å². The first kappa shape index (κ1) is 18.6. The monoisotopic (exact) mass is 407 g/mol. The lowest BCUT2D eigenvalue weighted by Gasteiger charge is -2.13. The Balaban J connectivity index is 1.58.